The molecule has 150 valence electrons. The van der Waals surface area contributed by atoms with E-state index in [1.165, 1.54) is 36.4 Å². The first-order valence-electron chi connectivity index (χ1n) is 8.79. The van der Waals surface area contributed by atoms with E-state index in [9.17, 15) is 18.0 Å². The van der Waals surface area contributed by atoms with Gasteiger partial charge in [-0.3, -0.25) is 4.79 Å². The van der Waals surface area contributed by atoms with Crippen LogP contribution in [0.3, 0.4) is 0 Å². The second-order valence-electron chi connectivity index (χ2n) is 6.10. The van der Waals surface area contributed by atoms with Gasteiger partial charge in [-0.2, -0.15) is 8.78 Å². The molecule has 0 unspecified atom stereocenters. The molecule has 0 aliphatic rings. The number of amides is 1. The molecule has 0 aliphatic heterocycles. The number of carbonyl (C=O) groups is 1. The Hall–Kier alpha value is -3.48. The fraction of sp³-hybridized carbons (Fsp3) is 0.136. The minimum absolute atomic E-state index is 0.0292. The van der Waals surface area contributed by atoms with Crippen molar-refractivity contribution in [3.8, 4) is 11.5 Å². The van der Waals surface area contributed by atoms with E-state index in [-0.39, 0.29) is 12.4 Å². The smallest absolute Gasteiger partial charge is 0.387 e. The lowest BCUT2D eigenvalue weighted by atomic mass is 9.98. The number of hydrogen-bond acceptors (Lipinski definition) is 3. The second kappa shape index (κ2) is 9.64. The van der Waals surface area contributed by atoms with Gasteiger partial charge in [0.05, 0.1) is 6.04 Å². The summed E-state index contributed by atoms with van der Waals surface area (Å²) in [5.41, 5.74) is 1.50. The van der Waals surface area contributed by atoms with E-state index in [0.717, 1.165) is 5.56 Å². The third-order valence-electron chi connectivity index (χ3n) is 4.06. The van der Waals surface area contributed by atoms with Crippen molar-refractivity contribution >= 4 is 5.91 Å². The zero-order valence-electron chi connectivity index (χ0n) is 15.2. The van der Waals surface area contributed by atoms with Gasteiger partial charge in [0.25, 0.3) is 5.91 Å². The monoisotopic (exact) mass is 401 g/mol. The van der Waals surface area contributed by atoms with Crippen molar-refractivity contribution in [2.75, 3.05) is 6.61 Å². The van der Waals surface area contributed by atoms with Crippen LogP contribution in [-0.2, 0) is 4.79 Å². The van der Waals surface area contributed by atoms with Crippen molar-refractivity contribution in [3.63, 3.8) is 0 Å². The first-order valence-corrected chi connectivity index (χ1v) is 8.79. The van der Waals surface area contributed by atoms with E-state index in [1.807, 2.05) is 30.3 Å². The molecule has 0 aliphatic carbocycles. The molecule has 0 aromatic heterocycles. The zero-order valence-corrected chi connectivity index (χ0v) is 15.2. The molecule has 29 heavy (non-hydrogen) atoms. The van der Waals surface area contributed by atoms with Gasteiger partial charge in [-0.1, -0.05) is 42.5 Å². The Bertz CT molecular complexity index is 916. The Kier molecular flexibility index (Phi) is 6.73. The fourth-order valence-electron chi connectivity index (χ4n) is 2.73. The Balaban J connectivity index is 1.72. The van der Waals surface area contributed by atoms with Gasteiger partial charge >= 0.3 is 6.61 Å². The standard InChI is InChI=1S/C22H18F3NO3/c23-17-8-12-18(13-9-17)28-14-20(27)26-21(15-4-2-1-3-5-15)16-6-10-19(11-7-16)29-22(24)25/h1-13,21-22H,14H2,(H,26,27)/t21-/m1/s1. The van der Waals surface area contributed by atoms with Crippen molar-refractivity contribution in [2.45, 2.75) is 12.7 Å². The van der Waals surface area contributed by atoms with Crippen molar-refractivity contribution in [1.82, 2.24) is 5.32 Å². The number of nitrogens with one attached hydrogen (secondary N) is 1. The maximum Gasteiger partial charge on any atom is 0.387 e. The molecule has 4 nitrogen and oxygen atoms in total. The van der Waals surface area contributed by atoms with Crippen LogP contribution >= 0.6 is 0 Å². The van der Waals surface area contributed by atoms with Crippen LogP contribution in [0.15, 0.2) is 78.9 Å². The van der Waals surface area contributed by atoms with Gasteiger partial charge in [-0.15, -0.1) is 0 Å². The van der Waals surface area contributed by atoms with E-state index < -0.39 is 24.4 Å². The first kappa shape index (κ1) is 20.3. The summed E-state index contributed by atoms with van der Waals surface area (Å²) in [4.78, 5) is 12.4. The summed E-state index contributed by atoms with van der Waals surface area (Å²) in [7, 11) is 0. The van der Waals surface area contributed by atoms with Crippen LogP contribution in [0, 0.1) is 5.82 Å². The highest BCUT2D eigenvalue weighted by Crippen LogP contribution is 2.25. The molecule has 0 spiro atoms. The molecule has 0 radical (unpaired) electrons. The Morgan fingerprint density at radius 3 is 2.03 bits per heavy atom. The van der Waals surface area contributed by atoms with E-state index in [2.05, 4.69) is 10.1 Å². The molecule has 0 heterocycles. The Labute approximate surface area is 165 Å². The number of benzene rings is 3. The Morgan fingerprint density at radius 1 is 0.828 bits per heavy atom. The molecule has 0 fully saturated rings. The molecule has 3 rings (SSSR count). The maximum atomic E-state index is 12.9. The van der Waals surface area contributed by atoms with Gasteiger partial charge in [-0.05, 0) is 47.5 Å². The van der Waals surface area contributed by atoms with Crippen molar-refractivity contribution in [3.05, 3.63) is 95.8 Å². The largest absolute Gasteiger partial charge is 0.484 e. The van der Waals surface area contributed by atoms with Gasteiger partial charge in [-0.25, -0.2) is 4.39 Å². The number of rotatable bonds is 8. The first-order chi connectivity index (χ1) is 14.0. The Morgan fingerprint density at radius 2 is 1.41 bits per heavy atom. The van der Waals surface area contributed by atoms with E-state index >= 15 is 0 Å². The SMILES string of the molecule is O=C(COc1ccc(F)cc1)N[C@H](c1ccccc1)c1ccc(OC(F)F)cc1. The van der Waals surface area contributed by atoms with Crippen LogP contribution in [0.5, 0.6) is 11.5 Å². The van der Waals surface area contributed by atoms with Crippen LogP contribution < -0.4 is 14.8 Å². The van der Waals surface area contributed by atoms with Crippen molar-refractivity contribution in [1.29, 1.82) is 0 Å². The van der Waals surface area contributed by atoms with Crippen LogP contribution in [0.25, 0.3) is 0 Å². The minimum Gasteiger partial charge on any atom is -0.484 e. The fourth-order valence-corrected chi connectivity index (χ4v) is 2.73. The summed E-state index contributed by atoms with van der Waals surface area (Å²) in [6.07, 6.45) is 0. The number of alkyl halides is 2. The van der Waals surface area contributed by atoms with E-state index in [1.54, 1.807) is 12.1 Å². The number of halogens is 3. The molecular weight excluding hydrogens is 383 g/mol. The highest BCUT2D eigenvalue weighted by atomic mass is 19.3. The molecule has 0 saturated carbocycles. The van der Waals surface area contributed by atoms with Crippen LogP contribution in [0.1, 0.15) is 17.2 Å². The summed E-state index contributed by atoms with van der Waals surface area (Å²) in [6, 6.07) is 20.1. The molecule has 0 saturated heterocycles. The molecular formula is C22H18F3NO3. The quantitative estimate of drug-likeness (QED) is 0.595. The normalized spacial score (nSPS) is 11.7. The molecule has 1 N–H and O–H groups in total. The molecule has 3 aromatic carbocycles. The number of hydrogen-bond donors (Lipinski definition) is 1. The average Bonchev–Trinajstić information content (AvgIpc) is 2.72. The van der Waals surface area contributed by atoms with Crippen molar-refractivity contribution < 1.29 is 27.4 Å². The second-order valence-corrected chi connectivity index (χ2v) is 6.10. The summed E-state index contributed by atoms with van der Waals surface area (Å²) in [5, 5.41) is 2.86. The van der Waals surface area contributed by atoms with Crippen LogP contribution in [0.2, 0.25) is 0 Å². The molecule has 7 heteroatoms. The predicted octanol–water partition coefficient (Wildman–Crippen LogP) is 4.71. The topological polar surface area (TPSA) is 47.6 Å². The van der Waals surface area contributed by atoms with Gasteiger partial charge < -0.3 is 14.8 Å². The minimum atomic E-state index is -2.91. The van der Waals surface area contributed by atoms with Crippen LogP contribution in [-0.4, -0.2) is 19.1 Å². The predicted molar refractivity (Wildman–Crippen MR) is 101 cm³/mol. The van der Waals surface area contributed by atoms with Gasteiger partial charge in [0.2, 0.25) is 0 Å². The highest BCUT2D eigenvalue weighted by molar-refractivity contribution is 5.78. The average molecular weight is 401 g/mol. The van der Waals surface area contributed by atoms with Gasteiger partial charge in [0.15, 0.2) is 6.61 Å². The third-order valence-corrected chi connectivity index (χ3v) is 4.06. The lowest BCUT2D eigenvalue weighted by Crippen LogP contribution is -2.33. The maximum absolute atomic E-state index is 12.9. The van der Waals surface area contributed by atoms with Gasteiger partial charge in [0, 0.05) is 0 Å². The molecule has 1 atom stereocenters. The lowest BCUT2D eigenvalue weighted by Gasteiger charge is -2.20. The van der Waals surface area contributed by atoms with Gasteiger partial charge in [0.1, 0.15) is 17.3 Å². The summed E-state index contributed by atoms with van der Waals surface area (Å²) in [6.45, 7) is -3.17. The van der Waals surface area contributed by atoms with Crippen LogP contribution in [0.4, 0.5) is 13.2 Å². The summed E-state index contributed by atoms with van der Waals surface area (Å²) < 4.78 is 47.4. The summed E-state index contributed by atoms with van der Waals surface area (Å²) >= 11 is 0. The summed E-state index contributed by atoms with van der Waals surface area (Å²) in [5.74, 6) is -0.394. The zero-order chi connectivity index (χ0) is 20.6. The highest BCUT2D eigenvalue weighted by Gasteiger charge is 2.17. The van der Waals surface area contributed by atoms with Crippen molar-refractivity contribution in [2.24, 2.45) is 0 Å². The number of carbonyl (C=O) groups excluding carboxylic acids is 1. The van der Waals surface area contributed by atoms with E-state index in [0.29, 0.717) is 11.3 Å². The lowest BCUT2D eigenvalue weighted by molar-refractivity contribution is -0.123. The number of ether oxygens (including phenoxy) is 2. The molecule has 0 bridgehead atoms. The molecule has 1 amide bonds. The van der Waals surface area contributed by atoms with E-state index in [4.69, 9.17) is 4.74 Å². The molecule has 3 aromatic rings. The third kappa shape index (κ3) is 6.00.